The van der Waals surface area contributed by atoms with Gasteiger partial charge < -0.3 is 4.74 Å². The van der Waals surface area contributed by atoms with Crippen LogP contribution in [0.15, 0.2) is 89.9 Å². The molecule has 1 atom stereocenters. The molecule has 1 aliphatic rings. The van der Waals surface area contributed by atoms with E-state index in [1.54, 1.807) is 0 Å². The highest BCUT2D eigenvalue weighted by Crippen LogP contribution is 2.47. The van der Waals surface area contributed by atoms with Crippen LogP contribution in [0.25, 0.3) is 0 Å². The van der Waals surface area contributed by atoms with Crippen molar-refractivity contribution >= 4 is 27.5 Å². The van der Waals surface area contributed by atoms with Gasteiger partial charge in [-0.15, -0.1) is 0 Å². The van der Waals surface area contributed by atoms with Crippen LogP contribution in [-0.4, -0.2) is 10.7 Å². The second kappa shape index (κ2) is 7.08. The molecule has 3 aromatic rings. The lowest BCUT2D eigenvalue weighted by atomic mass is 9.78. The molecule has 130 valence electrons. The van der Waals surface area contributed by atoms with Gasteiger partial charge in [-0.05, 0) is 12.5 Å². The van der Waals surface area contributed by atoms with Crippen LogP contribution in [0.1, 0.15) is 30.0 Å². The Kier molecular flexibility index (Phi) is 4.64. The van der Waals surface area contributed by atoms with Gasteiger partial charge in [0.15, 0.2) is 5.60 Å². The number of hydrogen-bond acceptors (Lipinski definition) is 2. The van der Waals surface area contributed by atoms with Crippen LogP contribution in [0.5, 0.6) is 0 Å². The quantitative estimate of drug-likeness (QED) is 0.472. The van der Waals surface area contributed by atoms with E-state index in [1.165, 1.54) is 0 Å². The van der Waals surface area contributed by atoms with Crippen molar-refractivity contribution in [3.8, 4) is 0 Å². The molecule has 0 N–H and O–H groups in total. The van der Waals surface area contributed by atoms with Crippen LogP contribution >= 0.6 is 15.9 Å². The molecule has 1 heterocycles. The van der Waals surface area contributed by atoms with Gasteiger partial charge in [0.2, 0.25) is 5.90 Å². The summed E-state index contributed by atoms with van der Waals surface area (Å²) in [6.07, 6.45) is 0.903. The second-order valence-corrected chi connectivity index (χ2v) is 7.46. The normalized spacial score (nSPS) is 16.2. The van der Waals surface area contributed by atoms with Crippen molar-refractivity contribution in [1.29, 1.82) is 0 Å². The standard InChI is InChI=1S/C23H20BrNO/c1-2-20(24)22-25-21-16-10-9-15-19(21)23(26-22,17-11-5-3-6-12-17)18-13-7-4-8-14-18/h3-16,20H,2H2,1H3/t20-/m0/s1. The molecule has 0 saturated carbocycles. The maximum atomic E-state index is 6.73. The maximum absolute atomic E-state index is 6.73. The monoisotopic (exact) mass is 405 g/mol. The number of hydrogen-bond donors (Lipinski definition) is 0. The van der Waals surface area contributed by atoms with E-state index in [0.717, 1.165) is 34.7 Å². The lowest BCUT2D eigenvalue weighted by Gasteiger charge is -2.40. The number of fused-ring (bicyclic) bond motifs is 1. The van der Waals surface area contributed by atoms with E-state index < -0.39 is 5.60 Å². The second-order valence-electron chi connectivity index (χ2n) is 6.36. The molecule has 0 fully saturated rings. The van der Waals surface area contributed by atoms with Gasteiger partial charge in [0.1, 0.15) is 0 Å². The Hall–Kier alpha value is -2.39. The molecule has 3 heteroatoms. The lowest BCUT2D eigenvalue weighted by molar-refractivity contribution is 0.132. The third kappa shape index (κ3) is 2.77. The van der Waals surface area contributed by atoms with Gasteiger partial charge in [-0.3, -0.25) is 0 Å². The van der Waals surface area contributed by atoms with E-state index in [9.17, 15) is 0 Å². The van der Waals surface area contributed by atoms with Crippen molar-refractivity contribution in [2.24, 2.45) is 4.99 Å². The SMILES string of the molecule is CC[C@H](Br)C1=Nc2ccccc2C(c2ccccc2)(c2ccccc2)O1. The summed E-state index contributed by atoms with van der Waals surface area (Å²) in [5.41, 5.74) is 3.51. The number of nitrogens with zero attached hydrogens (tertiary/aromatic N) is 1. The van der Waals surface area contributed by atoms with Crippen molar-refractivity contribution in [1.82, 2.24) is 0 Å². The number of para-hydroxylation sites is 1. The van der Waals surface area contributed by atoms with Gasteiger partial charge in [-0.25, -0.2) is 4.99 Å². The average molecular weight is 406 g/mol. The zero-order valence-electron chi connectivity index (χ0n) is 14.6. The first kappa shape index (κ1) is 17.0. The Balaban J connectivity index is 2.04. The molecule has 26 heavy (non-hydrogen) atoms. The van der Waals surface area contributed by atoms with E-state index in [2.05, 4.69) is 89.6 Å². The molecule has 0 spiro atoms. The number of benzene rings is 3. The lowest BCUT2D eigenvalue weighted by Crippen LogP contribution is -2.39. The zero-order valence-corrected chi connectivity index (χ0v) is 16.2. The molecule has 1 aliphatic heterocycles. The highest BCUT2D eigenvalue weighted by Gasteiger charge is 2.44. The highest BCUT2D eigenvalue weighted by atomic mass is 79.9. The van der Waals surface area contributed by atoms with Crippen LogP contribution in [0.4, 0.5) is 5.69 Å². The van der Waals surface area contributed by atoms with Gasteiger partial charge in [-0.2, -0.15) is 0 Å². The molecule has 3 aromatic carbocycles. The Labute approximate surface area is 162 Å². The van der Waals surface area contributed by atoms with Crippen molar-refractivity contribution in [2.45, 2.75) is 23.8 Å². The molecule has 0 bridgehead atoms. The third-order valence-electron chi connectivity index (χ3n) is 4.76. The highest BCUT2D eigenvalue weighted by molar-refractivity contribution is 9.10. The Morgan fingerprint density at radius 2 is 1.38 bits per heavy atom. The predicted octanol–water partition coefficient (Wildman–Crippen LogP) is 6.21. The first-order valence-corrected chi connectivity index (χ1v) is 9.79. The van der Waals surface area contributed by atoms with E-state index in [-0.39, 0.29) is 4.83 Å². The minimum absolute atomic E-state index is 0.0719. The van der Waals surface area contributed by atoms with Crippen LogP contribution in [0.2, 0.25) is 0 Å². The summed E-state index contributed by atoms with van der Waals surface area (Å²) >= 11 is 3.73. The van der Waals surface area contributed by atoms with Crippen molar-refractivity contribution in [3.63, 3.8) is 0 Å². The van der Waals surface area contributed by atoms with E-state index in [4.69, 9.17) is 9.73 Å². The largest absolute Gasteiger partial charge is 0.459 e. The fourth-order valence-electron chi connectivity index (χ4n) is 3.47. The molecule has 0 amide bonds. The Morgan fingerprint density at radius 3 is 1.96 bits per heavy atom. The van der Waals surface area contributed by atoms with Crippen LogP contribution in [0.3, 0.4) is 0 Å². The number of halogens is 1. The summed E-state index contributed by atoms with van der Waals surface area (Å²) in [4.78, 5) is 4.88. The first-order valence-electron chi connectivity index (χ1n) is 8.88. The molecule has 0 aliphatic carbocycles. The van der Waals surface area contributed by atoms with Gasteiger partial charge in [0.05, 0.1) is 10.5 Å². The fourth-order valence-corrected chi connectivity index (χ4v) is 3.67. The zero-order chi connectivity index (χ0) is 18.0. The predicted molar refractivity (Wildman–Crippen MR) is 110 cm³/mol. The summed E-state index contributed by atoms with van der Waals surface area (Å²) in [6.45, 7) is 2.12. The first-order chi connectivity index (χ1) is 12.8. The molecule has 0 radical (unpaired) electrons. The Morgan fingerprint density at radius 1 is 0.846 bits per heavy atom. The maximum Gasteiger partial charge on any atom is 0.204 e. The van der Waals surface area contributed by atoms with Crippen LogP contribution in [-0.2, 0) is 10.3 Å². The number of aliphatic imine (C=N–C) groups is 1. The Bertz CT molecular complexity index is 882. The molecule has 0 unspecified atom stereocenters. The van der Waals surface area contributed by atoms with E-state index in [1.807, 2.05) is 18.2 Å². The molecule has 0 aromatic heterocycles. The van der Waals surface area contributed by atoms with Crippen molar-refractivity contribution in [2.75, 3.05) is 0 Å². The summed E-state index contributed by atoms with van der Waals surface area (Å²) in [6, 6.07) is 29.1. The number of alkyl halides is 1. The van der Waals surface area contributed by atoms with Gasteiger partial charge in [0, 0.05) is 16.7 Å². The summed E-state index contributed by atoms with van der Waals surface area (Å²) in [7, 11) is 0. The fraction of sp³-hybridized carbons (Fsp3) is 0.174. The van der Waals surface area contributed by atoms with Crippen molar-refractivity contribution in [3.05, 3.63) is 102 Å². The smallest absolute Gasteiger partial charge is 0.204 e. The molecule has 2 nitrogen and oxygen atoms in total. The van der Waals surface area contributed by atoms with Gasteiger partial charge >= 0.3 is 0 Å². The topological polar surface area (TPSA) is 21.6 Å². The third-order valence-corrected chi connectivity index (χ3v) is 5.80. The average Bonchev–Trinajstić information content (AvgIpc) is 2.73. The molecular formula is C23H20BrNO. The van der Waals surface area contributed by atoms with Crippen LogP contribution < -0.4 is 0 Å². The summed E-state index contributed by atoms with van der Waals surface area (Å²) in [5.74, 6) is 0.721. The summed E-state index contributed by atoms with van der Waals surface area (Å²) in [5, 5.41) is 0. The minimum atomic E-state index is -0.711. The van der Waals surface area contributed by atoms with Gasteiger partial charge in [-0.1, -0.05) is 102 Å². The summed E-state index contributed by atoms with van der Waals surface area (Å²) < 4.78 is 6.73. The number of rotatable bonds is 4. The minimum Gasteiger partial charge on any atom is -0.459 e. The molecular weight excluding hydrogens is 386 g/mol. The number of ether oxygens (including phenoxy) is 1. The van der Waals surface area contributed by atoms with E-state index in [0.29, 0.717) is 0 Å². The van der Waals surface area contributed by atoms with E-state index >= 15 is 0 Å². The molecule has 4 rings (SSSR count). The molecule has 0 saturated heterocycles. The van der Waals surface area contributed by atoms with Crippen molar-refractivity contribution < 1.29 is 4.74 Å². The van der Waals surface area contributed by atoms with Gasteiger partial charge in [0.25, 0.3) is 0 Å². The van der Waals surface area contributed by atoms with Crippen LogP contribution in [0, 0.1) is 0 Å².